The smallest absolute Gasteiger partial charge is 0.337 e. The van der Waals surface area contributed by atoms with Crippen molar-refractivity contribution in [2.75, 3.05) is 18.0 Å². The van der Waals surface area contributed by atoms with Crippen LogP contribution >= 0.6 is 11.6 Å². The van der Waals surface area contributed by atoms with E-state index in [1.54, 1.807) is 50.2 Å². The van der Waals surface area contributed by atoms with Crippen LogP contribution < -0.4 is 9.04 Å². The largest absolute Gasteiger partial charge is 0.489 e. The molecule has 0 amide bonds. The predicted octanol–water partition coefficient (Wildman–Crippen LogP) is 5.45. The number of methoxy groups -OCH3 is 1. The quantitative estimate of drug-likeness (QED) is 0.340. The topological polar surface area (TPSA) is 82.1 Å². The highest BCUT2D eigenvalue weighted by molar-refractivity contribution is 7.92. The SMILES string of the molecule is COC(=O)C(C)(C)O[C@@H]1Cc2ccc(OCc3c(F)cccc3Cl)cc2N(S(=O)(=O)c2cccc(C)c2)C1. The molecule has 3 aromatic carbocycles. The molecule has 0 aromatic heterocycles. The summed E-state index contributed by atoms with van der Waals surface area (Å²) >= 11 is 6.12. The van der Waals surface area contributed by atoms with Gasteiger partial charge in [0.25, 0.3) is 10.0 Å². The molecular weight excluding hydrogens is 533 g/mol. The first kappa shape index (κ1) is 27.9. The summed E-state index contributed by atoms with van der Waals surface area (Å²) in [5.41, 5.74) is 0.822. The van der Waals surface area contributed by atoms with E-state index in [2.05, 4.69) is 0 Å². The molecule has 1 aliphatic rings. The van der Waals surface area contributed by atoms with E-state index in [1.807, 2.05) is 13.0 Å². The fraction of sp³-hybridized carbons (Fsp3) is 0.321. The van der Waals surface area contributed by atoms with Crippen molar-refractivity contribution in [1.29, 1.82) is 0 Å². The minimum Gasteiger partial charge on any atom is -0.489 e. The van der Waals surface area contributed by atoms with Crippen molar-refractivity contribution in [3.63, 3.8) is 0 Å². The number of halogens is 2. The van der Waals surface area contributed by atoms with Gasteiger partial charge in [0.15, 0.2) is 5.60 Å². The van der Waals surface area contributed by atoms with Crippen LogP contribution in [0.5, 0.6) is 5.75 Å². The van der Waals surface area contributed by atoms with Gasteiger partial charge in [-0.1, -0.05) is 35.9 Å². The number of nitrogens with zero attached hydrogens (tertiary/aromatic N) is 1. The van der Waals surface area contributed by atoms with Crippen molar-refractivity contribution < 1.29 is 31.8 Å². The van der Waals surface area contributed by atoms with Gasteiger partial charge >= 0.3 is 5.97 Å². The molecule has 202 valence electrons. The van der Waals surface area contributed by atoms with E-state index in [-0.39, 0.29) is 28.6 Å². The minimum atomic E-state index is -4.01. The van der Waals surface area contributed by atoms with E-state index >= 15 is 0 Å². The van der Waals surface area contributed by atoms with E-state index in [4.69, 9.17) is 25.8 Å². The van der Waals surface area contributed by atoms with Crippen LogP contribution in [0.3, 0.4) is 0 Å². The van der Waals surface area contributed by atoms with E-state index in [1.165, 1.54) is 29.6 Å². The Morgan fingerprint density at radius 3 is 2.55 bits per heavy atom. The molecule has 1 atom stereocenters. The zero-order chi connectivity index (χ0) is 27.7. The molecule has 1 heterocycles. The third-order valence-electron chi connectivity index (χ3n) is 6.30. The van der Waals surface area contributed by atoms with Gasteiger partial charge in [-0.05, 0) is 62.2 Å². The lowest BCUT2D eigenvalue weighted by Crippen LogP contribution is -2.48. The van der Waals surface area contributed by atoms with Gasteiger partial charge in [0.1, 0.15) is 18.2 Å². The van der Waals surface area contributed by atoms with Crippen LogP contribution in [0.25, 0.3) is 0 Å². The second-order valence-electron chi connectivity index (χ2n) is 9.58. The molecule has 38 heavy (non-hydrogen) atoms. The first-order chi connectivity index (χ1) is 17.9. The maximum atomic E-state index is 14.2. The lowest BCUT2D eigenvalue weighted by atomic mass is 10.00. The van der Waals surface area contributed by atoms with Crippen molar-refractivity contribution in [1.82, 2.24) is 0 Å². The molecule has 0 saturated heterocycles. The molecule has 7 nitrogen and oxygen atoms in total. The summed E-state index contributed by atoms with van der Waals surface area (Å²) in [7, 11) is -2.74. The number of rotatable bonds is 8. The molecule has 0 saturated carbocycles. The number of fused-ring (bicyclic) bond motifs is 1. The van der Waals surface area contributed by atoms with Crippen molar-refractivity contribution in [2.24, 2.45) is 0 Å². The monoisotopic (exact) mass is 561 g/mol. The molecule has 0 radical (unpaired) electrons. The molecular formula is C28H29ClFNO6S. The van der Waals surface area contributed by atoms with Crippen LogP contribution in [-0.4, -0.2) is 39.7 Å². The number of hydrogen-bond acceptors (Lipinski definition) is 6. The average molecular weight is 562 g/mol. The summed E-state index contributed by atoms with van der Waals surface area (Å²) in [6.45, 7) is 4.81. The third kappa shape index (κ3) is 5.80. The number of aryl methyl sites for hydroxylation is 1. The van der Waals surface area contributed by atoms with Gasteiger partial charge < -0.3 is 14.2 Å². The Kier molecular flexibility index (Phi) is 8.01. The Labute approximate surface area is 227 Å². The molecule has 1 aliphatic heterocycles. The minimum absolute atomic E-state index is 0.0354. The Morgan fingerprint density at radius 1 is 1.13 bits per heavy atom. The van der Waals surface area contributed by atoms with Gasteiger partial charge in [-0.3, -0.25) is 4.31 Å². The molecule has 4 rings (SSSR count). The average Bonchev–Trinajstić information content (AvgIpc) is 2.87. The zero-order valence-corrected chi connectivity index (χ0v) is 23.1. The van der Waals surface area contributed by atoms with Crippen LogP contribution in [-0.2, 0) is 37.3 Å². The number of carbonyl (C=O) groups is 1. The number of anilines is 1. The number of ether oxygens (including phenoxy) is 3. The Morgan fingerprint density at radius 2 is 1.87 bits per heavy atom. The highest BCUT2D eigenvalue weighted by atomic mass is 35.5. The van der Waals surface area contributed by atoms with Gasteiger partial charge in [0, 0.05) is 18.1 Å². The van der Waals surface area contributed by atoms with E-state index in [0.717, 1.165) is 5.56 Å². The normalized spacial score (nSPS) is 15.6. The van der Waals surface area contributed by atoms with Crippen LogP contribution in [0, 0.1) is 12.7 Å². The van der Waals surface area contributed by atoms with Gasteiger partial charge in [0.05, 0.1) is 35.4 Å². The van der Waals surface area contributed by atoms with Crippen molar-refractivity contribution in [3.8, 4) is 5.75 Å². The summed E-state index contributed by atoms with van der Waals surface area (Å²) in [6.07, 6.45) is -0.269. The number of carbonyl (C=O) groups excluding carboxylic acids is 1. The molecule has 0 N–H and O–H groups in total. The predicted molar refractivity (Wildman–Crippen MR) is 143 cm³/mol. The maximum absolute atomic E-state index is 14.2. The summed E-state index contributed by atoms with van der Waals surface area (Å²) in [6, 6.07) is 16.0. The maximum Gasteiger partial charge on any atom is 0.337 e. The van der Waals surface area contributed by atoms with Crippen molar-refractivity contribution in [3.05, 3.63) is 88.2 Å². The van der Waals surface area contributed by atoms with Crippen molar-refractivity contribution >= 4 is 33.3 Å². The summed E-state index contributed by atoms with van der Waals surface area (Å²) in [5.74, 6) is -0.707. The van der Waals surface area contributed by atoms with E-state index in [0.29, 0.717) is 23.4 Å². The Bertz CT molecular complexity index is 1440. The summed E-state index contributed by atoms with van der Waals surface area (Å²) in [5, 5.41) is 0.236. The molecule has 0 aliphatic carbocycles. The van der Waals surface area contributed by atoms with Crippen LogP contribution in [0.15, 0.2) is 65.6 Å². The van der Waals surface area contributed by atoms with Gasteiger partial charge in [-0.2, -0.15) is 0 Å². The van der Waals surface area contributed by atoms with Crippen molar-refractivity contribution in [2.45, 2.75) is 50.4 Å². The van der Waals surface area contributed by atoms with Gasteiger partial charge in [-0.25, -0.2) is 17.6 Å². The molecule has 10 heteroatoms. The number of benzene rings is 3. The standard InChI is InChI=1S/C28H29ClFNO6S/c1-18-7-5-8-22(13-18)38(33,34)31-16-21(37-28(2,3)27(32)35-4)14-19-11-12-20(15-26(19)31)36-17-23-24(29)9-6-10-25(23)30/h5-13,15,21H,14,16-17H2,1-4H3/t21-/m1/s1. The third-order valence-corrected chi connectivity index (χ3v) is 8.43. The number of hydrogen-bond donors (Lipinski definition) is 0. The van der Waals surface area contributed by atoms with Gasteiger partial charge in [-0.15, -0.1) is 0 Å². The molecule has 0 fully saturated rings. The highest BCUT2D eigenvalue weighted by Crippen LogP contribution is 2.37. The van der Waals surface area contributed by atoms with Gasteiger partial charge in [0.2, 0.25) is 0 Å². The van der Waals surface area contributed by atoms with E-state index in [9.17, 15) is 17.6 Å². The van der Waals surface area contributed by atoms with Crippen LogP contribution in [0.2, 0.25) is 5.02 Å². The van der Waals surface area contributed by atoms with Crippen LogP contribution in [0.1, 0.15) is 30.5 Å². The molecule has 0 unspecified atom stereocenters. The first-order valence-corrected chi connectivity index (χ1v) is 13.8. The second kappa shape index (κ2) is 10.9. The summed E-state index contributed by atoms with van der Waals surface area (Å²) < 4.78 is 59.9. The first-order valence-electron chi connectivity index (χ1n) is 12.0. The molecule has 0 bridgehead atoms. The number of sulfonamides is 1. The molecule has 0 spiro atoms. The fourth-order valence-corrected chi connectivity index (χ4v) is 6.23. The Balaban J connectivity index is 1.71. The highest BCUT2D eigenvalue weighted by Gasteiger charge is 2.39. The second-order valence-corrected chi connectivity index (χ2v) is 11.8. The molecule has 3 aromatic rings. The number of esters is 1. The van der Waals surface area contributed by atoms with E-state index < -0.39 is 33.5 Å². The van der Waals surface area contributed by atoms with Crippen LogP contribution in [0.4, 0.5) is 10.1 Å². The Hall–Kier alpha value is -3.14. The lowest BCUT2D eigenvalue weighted by Gasteiger charge is -2.38. The summed E-state index contributed by atoms with van der Waals surface area (Å²) in [4.78, 5) is 12.4. The fourth-order valence-electron chi connectivity index (χ4n) is 4.38. The lowest BCUT2D eigenvalue weighted by molar-refractivity contribution is -0.171. The zero-order valence-electron chi connectivity index (χ0n) is 21.5.